The van der Waals surface area contributed by atoms with Gasteiger partial charge in [-0.1, -0.05) is 36.4 Å². The molecule has 0 bridgehead atoms. The third kappa shape index (κ3) is 5.66. The fraction of sp³-hybridized carbons (Fsp3) is 0.296. The van der Waals surface area contributed by atoms with E-state index >= 15 is 0 Å². The molecular weight excluding hydrogens is 464 g/mol. The Morgan fingerprint density at radius 2 is 1.69 bits per heavy atom. The number of ether oxygens (including phenoxy) is 2. The zero-order valence-electron chi connectivity index (χ0n) is 19.9. The van der Waals surface area contributed by atoms with Crippen molar-refractivity contribution in [1.29, 1.82) is 0 Å². The van der Waals surface area contributed by atoms with Gasteiger partial charge in [0, 0.05) is 36.4 Å². The number of hydrogen-bond acceptors (Lipinski definition) is 5. The molecule has 2 N–H and O–H groups in total. The molecule has 0 atom stereocenters. The molecule has 1 aliphatic heterocycles. The van der Waals surface area contributed by atoms with Crippen molar-refractivity contribution in [3.05, 3.63) is 89.5 Å². The third-order valence-electron chi connectivity index (χ3n) is 6.53. The standard InChI is InChI=1S/C27H30N2O5S/c1-20-8-13-24(35(31,32)29-22-9-11-23(33-2)12-10-22)18-25(20)26(30)28-19-27(14-16-34-17-15-27)21-6-4-3-5-7-21/h3-13,18,29H,14-17,19H2,1-2H3,(H,28,30). The van der Waals surface area contributed by atoms with Crippen LogP contribution in [0.3, 0.4) is 0 Å². The van der Waals surface area contributed by atoms with Gasteiger partial charge < -0.3 is 14.8 Å². The molecule has 1 fully saturated rings. The Kier molecular flexibility index (Phi) is 7.42. The summed E-state index contributed by atoms with van der Waals surface area (Å²) in [7, 11) is -2.34. The van der Waals surface area contributed by atoms with E-state index < -0.39 is 10.0 Å². The molecule has 1 amide bonds. The Labute approximate surface area is 206 Å². The van der Waals surface area contributed by atoms with Crippen molar-refractivity contribution >= 4 is 21.6 Å². The second-order valence-corrected chi connectivity index (χ2v) is 10.4. The highest BCUT2D eigenvalue weighted by Gasteiger charge is 2.35. The molecule has 1 heterocycles. The van der Waals surface area contributed by atoms with Gasteiger partial charge >= 0.3 is 0 Å². The molecule has 8 heteroatoms. The quantitative estimate of drug-likeness (QED) is 0.488. The molecule has 184 valence electrons. The Balaban J connectivity index is 1.53. The number of carbonyl (C=O) groups excluding carboxylic acids is 1. The van der Waals surface area contributed by atoms with Crippen LogP contribution in [0.1, 0.15) is 34.3 Å². The minimum Gasteiger partial charge on any atom is -0.497 e. The smallest absolute Gasteiger partial charge is 0.261 e. The van der Waals surface area contributed by atoms with Gasteiger partial charge in [0.05, 0.1) is 12.0 Å². The average molecular weight is 495 g/mol. The minimum absolute atomic E-state index is 0.0212. The molecule has 0 spiro atoms. The van der Waals surface area contributed by atoms with Gasteiger partial charge in [-0.2, -0.15) is 0 Å². The molecule has 35 heavy (non-hydrogen) atoms. The first-order chi connectivity index (χ1) is 16.8. The predicted octanol–water partition coefficient (Wildman–Crippen LogP) is 4.28. The number of methoxy groups -OCH3 is 1. The van der Waals surface area contributed by atoms with Gasteiger partial charge in [-0.15, -0.1) is 0 Å². The van der Waals surface area contributed by atoms with E-state index in [0.717, 1.165) is 12.8 Å². The lowest BCUT2D eigenvalue weighted by atomic mass is 9.74. The molecule has 0 radical (unpaired) electrons. The lowest BCUT2D eigenvalue weighted by molar-refractivity contribution is 0.0487. The van der Waals surface area contributed by atoms with E-state index in [9.17, 15) is 13.2 Å². The first kappa shape index (κ1) is 24.8. The molecule has 3 aromatic carbocycles. The number of nitrogens with one attached hydrogen (secondary N) is 2. The number of aryl methyl sites for hydroxylation is 1. The van der Waals surface area contributed by atoms with Crippen LogP contribution in [0.4, 0.5) is 5.69 Å². The maximum Gasteiger partial charge on any atom is 0.261 e. The Morgan fingerprint density at radius 1 is 1.00 bits per heavy atom. The molecule has 3 aromatic rings. The van der Waals surface area contributed by atoms with Gasteiger partial charge in [0.1, 0.15) is 5.75 Å². The lowest BCUT2D eigenvalue weighted by Gasteiger charge is -2.38. The van der Waals surface area contributed by atoms with Crippen molar-refractivity contribution in [3.63, 3.8) is 0 Å². The first-order valence-corrected chi connectivity index (χ1v) is 13.0. The number of anilines is 1. The van der Waals surface area contributed by atoms with Crippen molar-refractivity contribution < 1.29 is 22.7 Å². The van der Waals surface area contributed by atoms with Crippen LogP contribution in [-0.2, 0) is 20.2 Å². The van der Waals surface area contributed by atoms with E-state index in [1.165, 1.54) is 17.7 Å². The van der Waals surface area contributed by atoms with Crippen molar-refractivity contribution in [2.24, 2.45) is 0 Å². The molecule has 0 unspecified atom stereocenters. The number of carbonyl (C=O) groups is 1. The zero-order chi connectivity index (χ0) is 24.9. The normalized spacial score (nSPS) is 15.3. The molecule has 1 aliphatic rings. The topological polar surface area (TPSA) is 93.7 Å². The van der Waals surface area contributed by atoms with Gasteiger partial charge in [-0.25, -0.2) is 8.42 Å². The molecular formula is C27H30N2O5S. The molecule has 0 aliphatic carbocycles. The van der Waals surface area contributed by atoms with Gasteiger partial charge in [0.25, 0.3) is 15.9 Å². The molecule has 7 nitrogen and oxygen atoms in total. The van der Waals surface area contributed by atoms with Crippen LogP contribution >= 0.6 is 0 Å². The van der Waals surface area contributed by atoms with E-state index in [1.807, 2.05) is 18.2 Å². The SMILES string of the molecule is COc1ccc(NS(=O)(=O)c2ccc(C)c(C(=O)NCC3(c4ccccc4)CCOCC3)c2)cc1. The van der Waals surface area contributed by atoms with Gasteiger partial charge in [-0.05, 0) is 67.3 Å². The Hall–Kier alpha value is -3.36. The van der Waals surface area contributed by atoms with E-state index in [0.29, 0.717) is 42.3 Å². The maximum absolute atomic E-state index is 13.2. The lowest BCUT2D eigenvalue weighted by Crippen LogP contribution is -2.44. The van der Waals surface area contributed by atoms with Crippen LogP contribution in [0, 0.1) is 6.92 Å². The van der Waals surface area contributed by atoms with Gasteiger partial charge in [0.15, 0.2) is 0 Å². The average Bonchev–Trinajstić information content (AvgIpc) is 2.89. The number of amides is 1. The van der Waals surface area contributed by atoms with Gasteiger partial charge in [0.2, 0.25) is 0 Å². The summed E-state index contributed by atoms with van der Waals surface area (Å²) >= 11 is 0. The second-order valence-electron chi connectivity index (χ2n) is 8.75. The highest BCUT2D eigenvalue weighted by molar-refractivity contribution is 7.92. The first-order valence-electron chi connectivity index (χ1n) is 11.5. The van der Waals surface area contributed by atoms with Crippen molar-refractivity contribution in [3.8, 4) is 5.75 Å². The fourth-order valence-corrected chi connectivity index (χ4v) is 5.44. The molecule has 0 saturated carbocycles. The van der Waals surface area contributed by atoms with E-state index in [4.69, 9.17) is 9.47 Å². The largest absolute Gasteiger partial charge is 0.497 e. The van der Waals surface area contributed by atoms with Crippen LogP contribution in [0.2, 0.25) is 0 Å². The van der Waals surface area contributed by atoms with Crippen LogP contribution < -0.4 is 14.8 Å². The monoisotopic (exact) mass is 494 g/mol. The Bertz CT molecular complexity index is 1270. The van der Waals surface area contributed by atoms with Crippen LogP contribution in [0.5, 0.6) is 5.75 Å². The Morgan fingerprint density at radius 3 is 2.34 bits per heavy atom. The maximum atomic E-state index is 13.2. The van der Waals surface area contributed by atoms with Crippen LogP contribution in [-0.4, -0.2) is 41.2 Å². The summed E-state index contributed by atoms with van der Waals surface area (Å²) in [6.45, 7) is 3.51. The van der Waals surface area contributed by atoms with Crippen molar-refractivity contribution in [2.75, 3.05) is 31.6 Å². The zero-order valence-corrected chi connectivity index (χ0v) is 20.7. The number of sulfonamides is 1. The molecule has 1 saturated heterocycles. The van der Waals surface area contributed by atoms with Crippen molar-refractivity contribution in [1.82, 2.24) is 5.32 Å². The summed E-state index contributed by atoms with van der Waals surface area (Å²) in [5.41, 5.74) is 2.38. The van der Waals surface area contributed by atoms with Crippen molar-refractivity contribution in [2.45, 2.75) is 30.1 Å². The molecule has 4 rings (SSSR count). The summed E-state index contributed by atoms with van der Waals surface area (Å²) < 4.78 is 39.2. The highest BCUT2D eigenvalue weighted by atomic mass is 32.2. The second kappa shape index (κ2) is 10.5. The third-order valence-corrected chi connectivity index (χ3v) is 7.91. The summed E-state index contributed by atoms with van der Waals surface area (Å²) in [5.74, 6) is 0.325. The summed E-state index contributed by atoms with van der Waals surface area (Å²) in [5, 5.41) is 3.07. The predicted molar refractivity (Wildman–Crippen MR) is 135 cm³/mol. The number of benzene rings is 3. The van der Waals surface area contributed by atoms with E-state index in [-0.39, 0.29) is 16.2 Å². The fourth-order valence-electron chi connectivity index (χ4n) is 4.35. The highest BCUT2D eigenvalue weighted by Crippen LogP contribution is 2.34. The number of hydrogen-bond donors (Lipinski definition) is 2. The summed E-state index contributed by atoms with van der Waals surface area (Å²) in [6.07, 6.45) is 1.60. The molecule has 0 aromatic heterocycles. The summed E-state index contributed by atoms with van der Waals surface area (Å²) in [4.78, 5) is 13.2. The van der Waals surface area contributed by atoms with Gasteiger partial charge in [-0.3, -0.25) is 9.52 Å². The van der Waals surface area contributed by atoms with E-state index in [1.54, 1.807) is 44.4 Å². The van der Waals surface area contributed by atoms with Crippen LogP contribution in [0.15, 0.2) is 77.7 Å². The number of rotatable bonds is 8. The van der Waals surface area contributed by atoms with Crippen LogP contribution in [0.25, 0.3) is 0 Å². The minimum atomic E-state index is -3.88. The summed E-state index contributed by atoms with van der Waals surface area (Å²) in [6, 6.07) is 21.3. The van der Waals surface area contributed by atoms with E-state index in [2.05, 4.69) is 22.2 Å².